The van der Waals surface area contributed by atoms with Crippen LogP contribution in [0.2, 0.25) is 5.02 Å². The van der Waals surface area contributed by atoms with E-state index in [-0.39, 0.29) is 5.78 Å². The quantitative estimate of drug-likeness (QED) is 0.455. The summed E-state index contributed by atoms with van der Waals surface area (Å²) in [4.78, 5) is 12.1. The van der Waals surface area contributed by atoms with Crippen molar-refractivity contribution in [3.63, 3.8) is 0 Å². The van der Waals surface area contributed by atoms with E-state index in [2.05, 4.69) is 6.92 Å². The number of rotatable bonds is 9. The Morgan fingerprint density at radius 2 is 1.84 bits per heavy atom. The first-order chi connectivity index (χ1) is 9.19. The predicted octanol–water partition coefficient (Wildman–Crippen LogP) is 5.28. The van der Waals surface area contributed by atoms with Crippen molar-refractivity contribution >= 4 is 17.4 Å². The molecule has 0 saturated heterocycles. The van der Waals surface area contributed by atoms with E-state index in [4.69, 9.17) is 16.3 Å². The van der Waals surface area contributed by atoms with Gasteiger partial charge in [-0.05, 0) is 24.6 Å². The Morgan fingerprint density at radius 3 is 2.53 bits per heavy atom. The molecule has 0 unspecified atom stereocenters. The van der Waals surface area contributed by atoms with Crippen molar-refractivity contribution in [3.8, 4) is 5.75 Å². The van der Waals surface area contributed by atoms with E-state index in [1.807, 2.05) is 0 Å². The summed E-state index contributed by atoms with van der Waals surface area (Å²) in [6, 6.07) is 5.18. The minimum absolute atomic E-state index is 0.143. The average Bonchev–Trinajstić information content (AvgIpc) is 2.42. The molecule has 0 amide bonds. The van der Waals surface area contributed by atoms with Crippen molar-refractivity contribution < 1.29 is 9.53 Å². The van der Waals surface area contributed by atoms with Gasteiger partial charge in [-0.15, -0.1) is 0 Å². The second kappa shape index (κ2) is 8.98. The van der Waals surface area contributed by atoms with Gasteiger partial charge in [0.2, 0.25) is 0 Å². The molecule has 0 aromatic heterocycles. The number of halogens is 1. The van der Waals surface area contributed by atoms with Crippen molar-refractivity contribution in [2.45, 2.75) is 51.9 Å². The van der Waals surface area contributed by atoms with Gasteiger partial charge in [0.05, 0.1) is 12.7 Å². The van der Waals surface area contributed by atoms with Gasteiger partial charge >= 0.3 is 0 Å². The van der Waals surface area contributed by atoms with Crippen molar-refractivity contribution in [2.24, 2.45) is 0 Å². The molecule has 0 atom stereocenters. The van der Waals surface area contributed by atoms with E-state index in [0.717, 1.165) is 12.8 Å². The van der Waals surface area contributed by atoms with Crippen molar-refractivity contribution in [3.05, 3.63) is 28.8 Å². The Bertz CT molecular complexity index is 402. The molecule has 0 fully saturated rings. The number of carbonyl (C=O) groups is 1. The van der Waals surface area contributed by atoms with Gasteiger partial charge < -0.3 is 4.74 Å². The SMILES string of the molecule is CCCCCCCCC(=O)c1ccc(Cl)cc1OC. The minimum atomic E-state index is 0.143. The van der Waals surface area contributed by atoms with Gasteiger partial charge in [0.1, 0.15) is 5.75 Å². The molecule has 3 heteroatoms. The fraction of sp³-hybridized carbons (Fsp3) is 0.562. The van der Waals surface area contributed by atoms with Gasteiger partial charge in [0.25, 0.3) is 0 Å². The number of Topliss-reactive ketones (excluding diaryl/α,β-unsaturated/α-hetero) is 1. The van der Waals surface area contributed by atoms with E-state index in [0.29, 0.717) is 22.8 Å². The number of methoxy groups -OCH3 is 1. The van der Waals surface area contributed by atoms with E-state index in [9.17, 15) is 4.79 Å². The molecular formula is C16H23ClO2. The lowest BCUT2D eigenvalue weighted by molar-refractivity contribution is 0.0976. The highest BCUT2D eigenvalue weighted by atomic mass is 35.5. The molecule has 106 valence electrons. The number of ether oxygens (including phenoxy) is 1. The zero-order valence-electron chi connectivity index (χ0n) is 11.9. The Hall–Kier alpha value is -1.02. The lowest BCUT2D eigenvalue weighted by atomic mass is 10.0. The topological polar surface area (TPSA) is 26.3 Å². The third-order valence-electron chi connectivity index (χ3n) is 3.22. The molecule has 0 N–H and O–H groups in total. The predicted molar refractivity (Wildman–Crippen MR) is 80.3 cm³/mol. The highest BCUT2D eigenvalue weighted by molar-refractivity contribution is 6.30. The fourth-order valence-electron chi connectivity index (χ4n) is 2.10. The smallest absolute Gasteiger partial charge is 0.166 e. The van der Waals surface area contributed by atoms with Crippen LogP contribution in [0.4, 0.5) is 0 Å². The summed E-state index contributed by atoms with van der Waals surface area (Å²) < 4.78 is 5.20. The van der Waals surface area contributed by atoms with Crippen LogP contribution in [0.15, 0.2) is 18.2 Å². The zero-order valence-corrected chi connectivity index (χ0v) is 12.6. The van der Waals surface area contributed by atoms with Crippen molar-refractivity contribution in [1.82, 2.24) is 0 Å². The van der Waals surface area contributed by atoms with Crippen molar-refractivity contribution in [2.75, 3.05) is 7.11 Å². The van der Waals surface area contributed by atoms with Gasteiger partial charge in [-0.1, -0.05) is 50.6 Å². The minimum Gasteiger partial charge on any atom is -0.496 e. The zero-order chi connectivity index (χ0) is 14.1. The van der Waals surface area contributed by atoms with Crippen LogP contribution in [-0.2, 0) is 0 Å². The molecule has 0 aliphatic rings. The maximum absolute atomic E-state index is 12.1. The molecule has 2 nitrogen and oxygen atoms in total. The van der Waals surface area contributed by atoms with E-state index < -0.39 is 0 Å². The number of unbranched alkanes of at least 4 members (excludes halogenated alkanes) is 5. The van der Waals surface area contributed by atoms with Crippen LogP contribution in [0.5, 0.6) is 5.75 Å². The van der Waals surface area contributed by atoms with Gasteiger partial charge in [-0.2, -0.15) is 0 Å². The first-order valence-electron chi connectivity index (χ1n) is 7.05. The van der Waals surface area contributed by atoms with Gasteiger partial charge in [-0.3, -0.25) is 4.79 Å². The third kappa shape index (κ3) is 5.65. The second-order valence-electron chi connectivity index (χ2n) is 4.79. The number of hydrogen-bond acceptors (Lipinski definition) is 2. The molecule has 1 aromatic rings. The van der Waals surface area contributed by atoms with E-state index in [1.165, 1.54) is 25.7 Å². The first-order valence-corrected chi connectivity index (χ1v) is 7.43. The molecule has 0 aliphatic carbocycles. The largest absolute Gasteiger partial charge is 0.496 e. The molecule has 1 rings (SSSR count). The summed E-state index contributed by atoms with van der Waals surface area (Å²) in [5.74, 6) is 0.715. The van der Waals surface area contributed by atoms with Gasteiger partial charge in [-0.25, -0.2) is 0 Å². The van der Waals surface area contributed by atoms with Crippen LogP contribution in [0.1, 0.15) is 62.2 Å². The number of ketones is 1. The summed E-state index contributed by atoms with van der Waals surface area (Å²) in [5, 5.41) is 0.591. The molecule has 0 saturated carbocycles. The Labute approximate surface area is 121 Å². The summed E-state index contributed by atoms with van der Waals surface area (Å²) in [7, 11) is 1.56. The molecule has 19 heavy (non-hydrogen) atoms. The maximum atomic E-state index is 12.1. The van der Waals surface area contributed by atoms with Crippen LogP contribution >= 0.6 is 11.6 Å². The summed E-state index contributed by atoms with van der Waals surface area (Å²) in [6.07, 6.45) is 7.70. The number of carbonyl (C=O) groups excluding carboxylic acids is 1. The van der Waals surface area contributed by atoms with Crippen molar-refractivity contribution in [1.29, 1.82) is 0 Å². The molecule has 0 radical (unpaired) electrons. The molecule has 0 heterocycles. The van der Waals surface area contributed by atoms with Gasteiger partial charge in [0, 0.05) is 11.4 Å². The second-order valence-corrected chi connectivity index (χ2v) is 5.22. The third-order valence-corrected chi connectivity index (χ3v) is 3.46. The standard InChI is InChI=1S/C16H23ClO2/c1-3-4-5-6-7-8-9-15(18)14-11-10-13(17)12-16(14)19-2/h10-12H,3-9H2,1-2H3. The molecule has 0 bridgehead atoms. The maximum Gasteiger partial charge on any atom is 0.166 e. The van der Waals surface area contributed by atoms with E-state index >= 15 is 0 Å². The molecule has 0 aliphatic heterocycles. The Kier molecular flexibility index (Phi) is 7.57. The van der Waals surface area contributed by atoms with Crippen LogP contribution in [0, 0.1) is 0 Å². The summed E-state index contributed by atoms with van der Waals surface area (Å²) >= 11 is 5.88. The van der Waals surface area contributed by atoms with Crippen LogP contribution in [0.3, 0.4) is 0 Å². The average molecular weight is 283 g/mol. The van der Waals surface area contributed by atoms with Crippen LogP contribution < -0.4 is 4.74 Å². The lowest BCUT2D eigenvalue weighted by Gasteiger charge is -2.08. The van der Waals surface area contributed by atoms with Crippen LogP contribution in [0.25, 0.3) is 0 Å². The van der Waals surface area contributed by atoms with E-state index in [1.54, 1.807) is 25.3 Å². The Morgan fingerprint density at radius 1 is 1.16 bits per heavy atom. The number of benzene rings is 1. The fourth-order valence-corrected chi connectivity index (χ4v) is 2.26. The monoisotopic (exact) mass is 282 g/mol. The highest BCUT2D eigenvalue weighted by Gasteiger charge is 2.12. The van der Waals surface area contributed by atoms with Gasteiger partial charge in [0.15, 0.2) is 5.78 Å². The Balaban J connectivity index is 2.41. The normalized spacial score (nSPS) is 10.5. The lowest BCUT2D eigenvalue weighted by Crippen LogP contribution is -2.02. The molecule has 1 aromatic carbocycles. The highest BCUT2D eigenvalue weighted by Crippen LogP contribution is 2.25. The van der Waals surface area contributed by atoms with Crippen LogP contribution in [-0.4, -0.2) is 12.9 Å². The number of hydrogen-bond donors (Lipinski definition) is 0. The molecular weight excluding hydrogens is 260 g/mol. The summed E-state index contributed by atoms with van der Waals surface area (Å²) in [6.45, 7) is 2.20. The first kappa shape index (κ1) is 16.0. The summed E-state index contributed by atoms with van der Waals surface area (Å²) in [5.41, 5.74) is 0.639. The molecule has 0 spiro atoms.